The smallest absolute Gasteiger partial charge is 0.230 e. The Bertz CT molecular complexity index is 601. The van der Waals surface area contributed by atoms with Crippen LogP contribution < -0.4 is 0 Å². The molecule has 138 valence electrons. The maximum Gasteiger partial charge on any atom is 0.230 e. The highest BCUT2D eigenvalue weighted by molar-refractivity contribution is 5.78. The van der Waals surface area contributed by atoms with Crippen LogP contribution in [0.4, 0.5) is 0 Å². The van der Waals surface area contributed by atoms with Crippen LogP contribution in [0.2, 0.25) is 0 Å². The Labute approximate surface area is 149 Å². The molecule has 4 unspecified atom stereocenters. The Morgan fingerprint density at radius 2 is 1.88 bits per heavy atom. The summed E-state index contributed by atoms with van der Waals surface area (Å²) in [7, 11) is 0. The molecule has 4 rings (SSSR count). The van der Waals surface area contributed by atoms with Gasteiger partial charge in [0.05, 0.1) is 18.6 Å². The fourth-order valence-corrected chi connectivity index (χ4v) is 4.70. The second-order valence-corrected chi connectivity index (χ2v) is 8.19. The molecule has 2 heterocycles. The lowest BCUT2D eigenvalue weighted by Gasteiger charge is -2.35. The van der Waals surface area contributed by atoms with Gasteiger partial charge in [0.15, 0.2) is 5.82 Å². The molecule has 25 heavy (non-hydrogen) atoms. The first-order valence-electron chi connectivity index (χ1n) is 9.86. The minimum Gasteiger partial charge on any atom is -0.372 e. The Morgan fingerprint density at radius 1 is 1.16 bits per heavy atom. The maximum absolute atomic E-state index is 12.5. The van der Waals surface area contributed by atoms with Crippen LogP contribution in [0.25, 0.3) is 0 Å². The minimum atomic E-state index is 0.0639. The molecule has 0 bridgehead atoms. The van der Waals surface area contributed by atoms with Gasteiger partial charge in [-0.3, -0.25) is 4.79 Å². The van der Waals surface area contributed by atoms with E-state index in [4.69, 9.17) is 9.26 Å². The number of carbonyl (C=O) groups is 1. The summed E-state index contributed by atoms with van der Waals surface area (Å²) in [5.74, 6) is 3.34. The third-order valence-corrected chi connectivity index (χ3v) is 5.98. The van der Waals surface area contributed by atoms with E-state index in [1.807, 2.05) is 18.7 Å². The van der Waals surface area contributed by atoms with Crippen molar-refractivity contribution in [1.29, 1.82) is 0 Å². The first-order valence-corrected chi connectivity index (χ1v) is 9.86. The van der Waals surface area contributed by atoms with E-state index in [1.165, 1.54) is 38.5 Å². The predicted octanol–water partition coefficient (Wildman–Crippen LogP) is 2.93. The van der Waals surface area contributed by atoms with E-state index in [1.54, 1.807) is 0 Å². The summed E-state index contributed by atoms with van der Waals surface area (Å²) < 4.78 is 11.2. The van der Waals surface area contributed by atoms with Crippen molar-refractivity contribution < 1.29 is 14.1 Å². The molecule has 1 aromatic rings. The van der Waals surface area contributed by atoms with Crippen LogP contribution in [0.15, 0.2) is 4.52 Å². The third-order valence-electron chi connectivity index (χ3n) is 5.98. The molecule has 0 N–H and O–H groups in total. The highest BCUT2D eigenvalue weighted by Gasteiger charge is 2.47. The zero-order valence-electron chi connectivity index (χ0n) is 15.3. The standard InChI is InChI=1S/C19H29N3O3/c1-12-10-22(11-13(2)24-12)18(23)9-17-20-19(25-21-17)16-8-15(16)14-6-4-3-5-7-14/h12-16H,3-11H2,1-2H3. The van der Waals surface area contributed by atoms with Crippen molar-refractivity contribution in [3.05, 3.63) is 11.7 Å². The van der Waals surface area contributed by atoms with Crippen molar-refractivity contribution in [1.82, 2.24) is 15.0 Å². The molecule has 0 aromatic carbocycles. The van der Waals surface area contributed by atoms with Gasteiger partial charge >= 0.3 is 0 Å². The Hall–Kier alpha value is -1.43. The molecule has 2 saturated carbocycles. The van der Waals surface area contributed by atoms with Crippen LogP contribution in [-0.2, 0) is 16.0 Å². The first-order chi connectivity index (χ1) is 12.1. The molecule has 0 radical (unpaired) electrons. The van der Waals surface area contributed by atoms with Gasteiger partial charge in [0, 0.05) is 19.0 Å². The fraction of sp³-hybridized carbons (Fsp3) is 0.842. The Morgan fingerprint density at radius 3 is 2.60 bits per heavy atom. The number of aromatic nitrogens is 2. The molecule has 6 nitrogen and oxygen atoms in total. The van der Waals surface area contributed by atoms with Crippen LogP contribution >= 0.6 is 0 Å². The normalized spacial score (nSPS) is 33.4. The van der Waals surface area contributed by atoms with Crippen molar-refractivity contribution in [2.75, 3.05) is 13.1 Å². The monoisotopic (exact) mass is 347 g/mol. The summed E-state index contributed by atoms with van der Waals surface area (Å²) in [5.41, 5.74) is 0. The Balaban J connectivity index is 1.32. The van der Waals surface area contributed by atoms with E-state index in [9.17, 15) is 4.79 Å². The van der Waals surface area contributed by atoms with Crippen molar-refractivity contribution in [3.63, 3.8) is 0 Å². The number of rotatable bonds is 4. The van der Waals surface area contributed by atoms with Crippen LogP contribution in [0.3, 0.4) is 0 Å². The fourth-order valence-electron chi connectivity index (χ4n) is 4.70. The average molecular weight is 347 g/mol. The SMILES string of the molecule is CC1CN(C(=O)Cc2noc(C3CC3C3CCCCC3)n2)CC(C)O1. The summed E-state index contributed by atoms with van der Waals surface area (Å²) in [6, 6.07) is 0. The van der Waals surface area contributed by atoms with Gasteiger partial charge in [0.1, 0.15) is 0 Å². The highest BCUT2D eigenvalue weighted by atomic mass is 16.5. The molecule has 4 atom stereocenters. The third kappa shape index (κ3) is 3.89. The number of hydrogen-bond acceptors (Lipinski definition) is 5. The zero-order chi connectivity index (χ0) is 17.4. The van der Waals surface area contributed by atoms with Gasteiger partial charge in [-0.05, 0) is 32.1 Å². The van der Waals surface area contributed by atoms with E-state index in [2.05, 4.69) is 10.1 Å². The maximum atomic E-state index is 12.5. The summed E-state index contributed by atoms with van der Waals surface area (Å²) in [4.78, 5) is 18.9. The van der Waals surface area contributed by atoms with Gasteiger partial charge in [-0.25, -0.2) is 0 Å². The van der Waals surface area contributed by atoms with Crippen molar-refractivity contribution in [2.24, 2.45) is 11.8 Å². The molecule has 2 aliphatic carbocycles. The lowest BCUT2D eigenvalue weighted by molar-refractivity contribution is -0.142. The van der Waals surface area contributed by atoms with Gasteiger partial charge in [0.2, 0.25) is 11.8 Å². The summed E-state index contributed by atoms with van der Waals surface area (Å²) in [6.07, 6.45) is 8.40. The first kappa shape index (κ1) is 17.0. The second kappa shape index (κ2) is 7.06. The van der Waals surface area contributed by atoms with Crippen molar-refractivity contribution in [3.8, 4) is 0 Å². The lowest BCUT2D eigenvalue weighted by atomic mass is 9.85. The summed E-state index contributed by atoms with van der Waals surface area (Å²) >= 11 is 0. The molecule has 6 heteroatoms. The van der Waals surface area contributed by atoms with Gasteiger partial charge in [-0.1, -0.05) is 37.3 Å². The molecule has 3 fully saturated rings. The van der Waals surface area contributed by atoms with Gasteiger partial charge in [0.25, 0.3) is 0 Å². The summed E-state index contributed by atoms with van der Waals surface area (Å²) in [6.45, 7) is 5.28. The molecule has 3 aliphatic rings. The van der Waals surface area contributed by atoms with Crippen LogP contribution in [0, 0.1) is 11.8 Å². The molecular formula is C19H29N3O3. The van der Waals surface area contributed by atoms with Gasteiger partial charge in [-0.2, -0.15) is 4.98 Å². The van der Waals surface area contributed by atoms with Gasteiger partial charge < -0.3 is 14.2 Å². The van der Waals surface area contributed by atoms with E-state index in [-0.39, 0.29) is 24.5 Å². The molecule has 1 aromatic heterocycles. The molecule has 1 aliphatic heterocycles. The van der Waals surface area contributed by atoms with E-state index in [0.29, 0.717) is 24.8 Å². The topological polar surface area (TPSA) is 68.5 Å². The lowest BCUT2D eigenvalue weighted by Crippen LogP contribution is -2.48. The van der Waals surface area contributed by atoms with Crippen LogP contribution in [-0.4, -0.2) is 46.2 Å². The summed E-state index contributed by atoms with van der Waals surface area (Å²) in [5, 5.41) is 4.07. The number of amides is 1. The molecule has 0 spiro atoms. The van der Waals surface area contributed by atoms with Gasteiger partial charge in [-0.15, -0.1) is 0 Å². The average Bonchev–Trinajstić information content (AvgIpc) is 3.27. The van der Waals surface area contributed by atoms with Crippen molar-refractivity contribution >= 4 is 5.91 Å². The molecular weight excluding hydrogens is 318 g/mol. The van der Waals surface area contributed by atoms with E-state index in [0.717, 1.165) is 17.7 Å². The van der Waals surface area contributed by atoms with Crippen LogP contribution in [0.5, 0.6) is 0 Å². The second-order valence-electron chi connectivity index (χ2n) is 8.19. The Kier molecular flexibility index (Phi) is 4.80. The highest BCUT2D eigenvalue weighted by Crippen LogP contribution is 2.54. The number of nitrogens with zero attached hydrogens (tertiary/aromatic N) is 3. The number of hydrogen-bond donors (Lipinski definition) is 0. The quantitative estimate of drug-likeness (QED) is 0.838. The zero-order valence-corrected chi connectivity index (χ0v) is 15.3. The predicted molar refractivity (Wildman–Crippen MR) is 92.0 cm³/mol. The minimum absolute atomic E-state index is 0.0639. The molecule has 1 saturated heterocycles. The van der Waals surface area contributed by atoms with Crippen molar-refractivity contribution in [2.45, 2.75) is 76.9 Å². The molecule has 1 amide bonds. The van der Waals surface area contributed by atoms with E-state index >= 15 is 0 Å². The number of carbonyl (C=O) groups excluding carboxylic acids is 1. The van der Waals surface area contributed by atoms with Crippen LogP contribution in [0.1, 0.15) is 70.0 Å². The largest absolute Gasteiger partial charge is 0.372 e. The number of ether oxygens (including phenoxy) is 1. The van der Waals surface area contributed by atoms with E-state index < -0.39 is 0 Å². The number of morpholine rings is 1.